The molecule has 0 amide bonds. The van der Waals surface area contributed by atoms with Crippen LogP contribution in [0.15, 0.2) is 65.2 Å². The standard InChI is InChI=1S/C25H25FN8S/c1-31(2)19-6-7-33(15-19)20-8-16-9-21(4-5-23(16)27-12-20)35-25-30-29-24-22(26)10-17(14-34(24)25)18-11-28-32(3)13-18/h4-5,8-14,19H,6-7,15H2,1-3H3. The van der Waals surface area contributed by atoms with E-state index in [1.807, 2.05) is 37.8 Å². The SMILES string of the molecule is CN(C)C1CCN(c2cnc3ccc(Sc4nnc5c(F)cc(-c6cnn(C)c6)cn45)cc3c2)C1. The summed E-state index contributed by atoms with van der Waals surface area (Å²) in [4.78, 5) is 10.4. The second-order valence-electron chi connectivity index (χ2n) is 9.16. The monoisotopic (exact) mass is 488 g/mol. The molecular formula is C25H25FN8S. The topological polar surface area (TPSA) is 67.4 Å². The summed E-state index contributed by atoms with van der Waals surface area (Å²) in [5, 5.41) is 14.2. The Morgan fingerprint density at radius 1 is 1.06 bits per heavy atom. The molecular weight excluding hydrogens is 463 g/mol. The average molecular weight is 489 g/mol. The zero-order chi connectivity index (χ0) is 24.1. The number of likely N-dealkylation sites (N-methyl/N-ethyl adjacent to an activating group) is 1. The number of fused-ring (bicyclic) bond motifs is 2. The molecule has 1 aliphatic heterocycles. The van der Waals surface area contributed by atoms with Crippen molar-refractivity contribution in [3.8, 4) is 11.1 Å². The number of aromatic nitrogens is 6. The van der Waals surface area contributed by atoms with Crippen molar-refractivity contribution < 1.29 is 4.39 Å². The van der Waals surface area contributed by atoms with Crippen LogP contribution in [0.25, 0.3) is 27.7 Å². The number of rotatable bonds is 5. The maximum atomic E-state index is 14.8. The van der Waals surface area contributed by atoms with Gasteiger partial charge in [-0.25, -0.2) is 4.39 Å². The van der Waals surface area contributed by atoms with Crippen LogP contribution in [-0.4, -0.2) is 67.5 Å². The van der Waals surface area contributed by atoms with Crippen LogP contribution >= 0.6 is 11.8 Å². The van der Waals surface area contributed by atoms with E-state index in [2.05, 4.69) is 56.3 Å². The molecule has 1 aromatic carbocycles. The number of aryl methyl sites for hydroxylation is 1. The van der Waals surface area contributed by atoms with Crippen molar-refractivity contribution >= 4 is 34.0 Å². The molecule has 0 spiro atoms. The molecule has 5 aromatic rings. The Morgan fingerprint density at radius 3 is 2.71 bits per heavy atom. The Balaban J connectivity index is 1.32. The number of hydrogen-bond acceptors (Lipinski definition) is 7. The Morgan fingerprint density at radius 2 is 1.94 bits per heavy atom. The van der Waals surface area contributed by atoms with Gasteiger partial charge in [0.1, 0.15) is 0 Å². The molecule has 1 saturated heterocycles. The Labute approximate surface area is 206 Å². The highest BCUT2D eigenvalue weighted by molar-refractivity contribution is 7.99. The molecule has 10 heteroatoms. The average Bonchev–Trinajstić information content (AvgIpc) is 3.59. The predicted molar refractivity (Wildman–Crippen MR) is 135 cm³/mol. The van der Waals surface area contributed by atoms with E-state index in [-0.39, 0.29) is 5.65 Å². The third-order valence-corrected chi connectivity index (χ3v) is 7.52. The van der Waals surface area contributed by atoms with Gasteiger partial charge >= 0.3 is 0 Å². The molecule has 1 unspecified atom stereocenters. The third-order valence-electron chi connectivity index (χ3n) is 6.57. The number of benzene rings is 1. The summed E-state index contributed by atoms with van der Waals surface area (Å²) in [7, 11) is 6.11. The van der Waals surface area contributed by atoms with Gasteiger partial charge in [0.2, 0.25) is 5.16 Å². The zero-order valence-corrected chi connectivity index (χ0v) is 20.6. The van der Waals surface area contributed by atoms with Crippen LogP contribution in [0.1, 0.15) is 6.42 Å². The number of nitrogens with zero attached hydrogens (tertiary/aromatic N) is 8. The summed E-state index contributed by atoms with van der Waals surface area (Å²) in [5.74, 6) is -0.417. The Bertz CT molecular complexity index is 1540. The van der Waals surface area contributed by atoms with Crippen LogP contribution in [0.5, 0.6) is 0 Å². The molecule has 35 heavy (non-hydrogen) atoms. The summed E-state index contributed by atoms with van der Waals surface area (Å²) in [6.45, 7) is 2.03. The molecule has 178 valence electrons. The molecule has 0 saturated carbocycles. The Kier molecular flexibility index (Phi) is 5.42. The highest BCUT2D eigenvalue weighted by Gasteiger charge is 2.24. The van der Waals surface area contributed by atoms with Crippen molar-refractivity contribution in [2.45, 2.75) is 22.5 Å². The molecule has 0 aliphatic carbocycles. The van der Waals surface area contributed by atoms with Gasteiger partial charge in [0.05, 0.1) is 23.6 Å². The summed E-state index contributed by atoms with van der Waals surface area (Å²) in [6, 6.07) is 10.4. The molecule has 1 atom stereocenters. The number of anilines is 1. The van der Waals surface area contributed by atoms with E-state index in [1.165, 1.54) is 17.8 Å². The van der Waals surface area contributed by atoms with E-state index in [0.29, 0.717) is 11.2 Å². The molecule has 1 fully saturated rings. The van der Waals surface area contributed by atoms with E-state index < -0.39 is 5.82 Å². The van der Waals surface area contributed by atoms with Gasteiger partial charge in [0, 0.05) is 60.0 Å². The number of pyridine rings is 2. The first-order valence-corrected chi connectivity index (χ1v) is 12.3. The number of halogens is 1. The summed E-state index contributed by atoms with van der Waals surface area (Å²) >= 11 is 1.45. The highest BCUT2D eigenvalue weighted by Crippen LogP contribution is 2.32. The van der Waals surface area contributed by atoms with E-state index in [4.69, 9.17) is 0 Å². The van der Waals surface area contributed by atoms with Gasteiger partial charge in [0.15, 0.2) is 11.5 Å². The minimum absolute atomic E-state index is 0.203. The molecule has 0 bridgehead atoms. The first-order valence-electron chi connectivity index (χ1n) is 11.5. The maximum absolute atomic E-state index is 14.8. The van der Waals surface area contributed by atoms with Crippen molar-refractivity contribution in [1.82, 2.24) is 34.3 Å². The smallest absolute Gasteiger partial charge is 0.200 e. The molecule has 0 N–H and O–H groups in total. The van der Waals surface area contributed by atoms with E-state index >= 15 is 0 Å². The maximum Gasteiger partial charge on any atom is 0.200 e. The lowest BCUT2D eigenvalue weighted by Gasteiger charge is -2.21. The Hall–Kier alpha value is -3.50. The molecule has 0 radical (unpaired) electrons. The minimum Gasteiger partial charge on any atom is -0.369 e. The molecule has 1 aliphatic rings. The van der Waals surface area contributed by atoms with Crippen molar-refractivity contribution in [2.75, 3.05) is 32.1 Å². The largest absolute Gasteiger partial charge is 0.369 e. The number of hydrogen-bond donors (Lipinski definition) is 0. The molecule has 4 aromatic heterocycles. The summed E-state index contributed by atoms with van der Waals surface area (Å²) in [5.41, 5.74) is 3.84. The van der Waals surface area contributed by atoms with Crippen LogP contribution in [0.4, 0.5) is 10.1 Å². The van der Waals surface area contributed by atoms with Crippen molar-refractivity contribution in [2.24, 2.45) is 7.05 Å². The van der Waals surface area contributed by atoms with E-state index in [9.17, 15) is 4.39 Å². The lowest BCUT2D eigenvalue weighted by Crippen LogP contribution is -2.31. The predicted octanol–water partition coefficient (Wildman–Crippen LogP) is 4.11. The second-order valence-corrected chi connectivity index (χ2v) is 10.2. The van der Waals surface area contributed by atoms with Crippen LogP contribution < -0.4 is 4.90 Å². The minimum atomic E-state index is -0.417. The molecule has 8 nitrogen and oxygen atoms in total. The fraction of sp³-hybridized carbons (Fsp3) is 0.280. The van der Waals surface area contributed by atoms with Crippen LogP contribution in [0.3, 0.4) is 0 Å². The van der Waals surface area contributed by atoms with Crippen LogP contribution in [0, 0.1) is 5.82 Å². The fourth-order valence-corrected chi connectivity index (χ4v) is 5.42. The van der Waals surface area contributed by atoms with Crippen LogP contribution in [-0.2, 0) is 7.05 Å². The highest BCUT2D eigenvalue weighted by atomic mass is 32.2. The second kappa shape index (κ2) is 8.62. The quantitative estimate of drug-likeness (QED) is 0.369. The van der Waals surface area contributed by atoms with Gasteiger partial charge < -0.3 is 9.80 Å². The van der Waals surface area contributed by atoms with Gasteiger partial charge in [-0.1, -0.05) is 0 Å². The van der Waals surface area contributed by atoms with Gasteiger partial charge in [-0.15, -0.1) is 10.2 Å². The lowest BCUT2D eigenvalue weighted by atomic mass is 10.1. The van der Waals surface area contributed by atoms with E-state index in [0.717, 1.165) is 52.1 Å². The molecule has 6 rings (SSSR count). The van der Waals surface area contributed by atoms with Crippen molar-refractivity contribution in [3.05, 3.63) is 60.9 Å². The van der Waals surface area contributed by atoms with Gasteiger partial charge in [-0.3, -0.25) is 14.1 Å². The van der Waals surface area contributed by atoms with Crippen molar-refractivity contribution in [1.29, 1.82) is 0 Å². The van der Waals surface area contributed by atoms with E-state index in [1.54, 1.807) is 15.3 Å². The summed E-state index contributed by atoms with van der Waals surface area (Å²) in [6.07, 6.45) is 8.53. The first kappa shape index (κ1) is 22.0. The van der Waals surface area contributed by atoms with Gasteiger partial charge in [-0.05, 0) is 62.6 Å². The van der Waals surface area contributed by atoms with Crippen molar-refractivity contribution in [3.63, 3.8) is 0 Å². The molecule has 5 heterocycles. The first-order chi connectivity index (χ1) is 16.9. The van der Waals surface area contributed by atoms with Gasteiger partial charge in [-0.2, -0.15) is 5.10 Å². The lowest BCUT2D eigenvalue weighted by molar-refractivity contribution is 0.315. The van der Waals surface area contributed by atoms with Crippen LogP contribution in [0.2, 0.25) is 0 Å². The third kappa shape index (κ3) is 4.12. The zero-order valence-electron chi connectivity index (χ0n) is 19.8. The summed E-state index contributed by atoms with van der Waals surface area (Å²) < 4.78 is 18.2. The fourth-order valence-electron chi connectivity index (χ4n) is 4.57. The normalized spacial score (nSPS) is 16.3. The van der Waals surface area contributed by atoms with Gasteiger partial charge in [0.25, 0.3) is 0 Å².